The predicted molar refractivity (Wildman–Crippen MR) is 58.7 cm³/mol. The third-order valence-electron chi connectivity index (χ3n) is 2.91. The molecule has 1 aromatic carbocycles. The van der Waals surface area contributed by atoms with E-state index in [1.54, 1.807) is 12.1 Å². The molecule has 0 aliphatic heterocycles. The molecule has 0 aliphatic rings. The molecule has 0 heterocycles. The van der Waals surface area contributed by atoms with E-state index in [1.807, 2.05) is 6.07 Å². The van der Waals surface area contributed by atoms with Crippen LogP contribution in [-0.2, 0) is 6.42 Å². The van der Waals surface area contributed by atoms with Gasteiger partial charge in [-0.1, -0.05) is 39.8 Å². The van der Waals surface area contributed by atoms with Crippen LogP contribution in [0.2, 0.25) is 0 Å². The van der Waals surface area contributed by atoms with Gasteiger partial charge in [-0.15, -0.1) is 0 Å². The zero-order chi connectivity index (χ0) is 10.8. The van der Waals surface area contributed by atoms with Gasteiger partial charge in [-0.05, 0) is 35.4 Å². The number of benzene rings is 1. The molecule has 0 aromatic heterocycles. The largest absolute Gasteiger partial charge is 0.207 e. The van der Waals surface area contributed by atoms with Crippen LogP contribution in [0.5, 0.6) is 0 Å². The third-order valence-corrected chi connectivity index (χ3v) is 2.91. The molecular formula is C13H19F. The zero-order valence-corrected chi connectivity index (χ0v) is 9.47. The molecule has 0 bridgehead atoms. The van der Waals surface area contributed by atoms with E-state index < -0.39 is 0 Å². The van der Waals surface area contributed by atoms with Crippen LogP contribution < -0.4 is 0 Å². The minimum absolute atomic E-state index is 0.136. The predicted octanol–water partition coefficient (Wildman–Crippen LogP) is 4.05. The Morgan fingerprint density at radius 1 is 1.29 bits per heavy atom. The van der Waals surface area contributed by atoms with Crippen LogP contribution in [0, 0.1) is 17.2 Å². The maximum atomic E-state index is 12.9. The monoisotopic (exact) mass is 194 g/mol. The molecule has 0 fully saturated rings. The first-order valence-electron chi connectivity index (χ1n) is 5.14. The van der Waals surface area contributed by atoms with Crippen molar-refractivity contribution >= 4 is 0 Å². The van der Waals surface area contributed by atoms with Crippen molar-refractivity contribution in [3.63, 3.8) is 0 Å². The minimum Gasteiger partial charge on any atom is -0.207 e. The fourth-order valence-corrected chi connectivity index (χ4v) is 1.32. The second-order valence-electron chi connectivity index (χ2n) is 5.10. The first-order chi connectivity index (χ1) is 6.39. The summed E-state index contributed by atoms with van der Waals surface area (Å²) in [6.45, 7) is 8.87. The number of hydrogen-bond donors (Lipinski definition) is 0. The van der Waals surface area contributed by atoms with Crippen LogP contribution in [-0.4, -0.2) is 0 Å². The second kappa shape index (κ2) is 4.12. The molecule has 0 nitrogen and oxygen atoms in total. The highest BCUT2D eigenvalue weighted by Gasteiger charge is 2.19. The van der Waals surface area contributed by atoms with Crippen molar-refractivity contribution in [3.05, 3.63) is 35.6 Å². The topological polar surface area (TPSA) is 0 Å². The first kappa shape index (κ1) is 11.2. The Morgan fingerprint density at radius 2 is 1.93 bits per heavy atom. The second-order valence-corrected chi connectivity index (χ2v) is 5.10. The van der Waals surface area contributed by atoms with Gasteiger partial charge in [-0.25, -0.2) is 4.39 Å². The summed E-state index contributed by atoms with van der Waals surface area (Å²) in [5.74, 6) is 0.424. The molecule has 1 rings (SSSR count). The van der Waals surface area contributed by atoms with Gasteiger partial charge in [0.2, 0.25) is 0 Å². The highest BCUT2D eigenvalue weighted by Crippen LogP contribution is 2.28. The molecule has 0 spiro atoms. The van der Waals surface area contributed by atoms with E-state index in [4.69, 9.17) is 0 Å². The van der Waals surface area contributed by atoms with E-state index in [-0.39, 0.29) is 11.2 Å². The molecule has 1 atom stereocenters. The Balaban J connectivity index is 2.70. The summed E-state index contributed by atoms with van der Waals surface area (Å²) in [4.78, 5) is 0. The number of rotatable bonds is 2. The van der Waals surface area contributed by atoms with Gasteiger partial charge in [-0.3, -0.25) is 0 Å². The lowest BCUT2D eigenvalue weighted by Gasteiger charge is -2.27. The van der Waals surface area contributed by atoms with Crippen LogP contribution in [0.3, 0.4) is 0 Å². The fourth-order valence-electron chi connectivity index (χ4n) is 1.32. The Kier molecular flexibility index (Phi) is 3.30. The first-order valence-corrected chi connectivity index (χ1v) is 5.14. The van der Waals surface area contributed by atoms with Gasteiger partial charge < -0.3 is 0 Å². The van der Waals surface area contributed by atoms with Gasteiger partial charge in [0.05, 0.1) is 0 Å². The molecule has 0 aliphatic carbocycles. The summed E-state index contributed by atoms with van der Waals surface area (Å²) < 4.78 is 12.9. The maximum absolute atomic E-state index is 12.9. The molecule has 14 heavy (non-hydrogen) atoms. The lowest BCUT2D eigenvalue weighted by atomic mass is 9.78. The van der Waals surface area contributed by atoms with Crippen molar-refractivity contribution in [1.82, 2.24) is 0 Å². The van der Waals surface area contributed by atoms with Crippen LogP contribution in [0.4, 0.5) is 4.39 Å². The van der Waals surface area contributed by atoms with Crippen LogP contribution in [0.1, 0.15) is 33.3 Å². The molecule has 1 heteroatoms. The standard InChI is InChI=1S/C13H19F/c1-10(13(2,3)4)8-11-6-5-7-12(14)9-11/h5-7,9-10H,8H2,1-4H3. The van der Waals surface area contributed by atoms with Crippen molar-refractivity contribution in [2.45, 2.75) is 34.1 Å². The summed E-state index contributed by atoms with van der Waals surface area (Å²) in [6.07, 6.45) is 0.946. The van der Waals surface area contributed by atoms with Crippen LogP contribution in [0.15, 0.2) is 24.3 Å². The summed E-state index contributed by atoms with van der Waals surface area (Å²) >= 11 is 0. The fraction of sp³-hybridized carbons (Fsp3) is 0.538. The van der Waals surface area contributed by atoms with Gasteiger partial charge in [0, 0.05) is 0 Å². The molecule has 0 saturated carbocycles. The van der Waals surface area contributed by atoms with Crippen molar-refractivity contribution in [3.8, 4) is 0 Å². The van der Waals surface area contributed by atoms with E-state index in [1.165, 1.54) is 6.07 Å². The highest BCUT2D eigenvalue weighted by molar-refractivity contribution is 5.17. The summed E-state index contributed by atoms with van der Waals surface area (Å²) in [6, 6.07) is 6.89. The van der Waals surface area contributed by atoms with Gasteiger partial charge in [0.1, 0.15) is 5.82 Å². The quantitative estimate of drug-likeness (QED) is 0.666. The van der Waals surface area contributed by atoms with E-state index in [9.17, 15) is 4.39 Å². The lowest BCUT2D eigenvalue weighted by molar-refractivity contribution is 0.260. The van der Waals surface area contributed by atoms with E-state index in [0.29, 0.717) is 5.92 Å². The SMILES string of the molecule is CC(Cc1cccc(F)c1)C(C)(C)C. The van der Waals surface area contributed by atoms with Crippen molar-refractivity contribution in [2.24, 2.45) is 11.3 Å². The lowest BCUT2D eigenvalue weighted by Crippen LogP contribution is -2.19. The van der Waals surface area contributed by atoms with Crippen molar-refractivity contribution in [2.75, 3.05) is 0 Å². The number of halogens is 1. The molecule has 0 N–H and O–H groups in total. The van der Waals surface area contributed by atoms with Crippen molar-refractivity contribution in [1.29, 1.82) is 0 Å². The molecule has 78 valence electrons. The summed E-state index contributed by atoms with van der Waals surface area (Å²) in [7, 11) is 0. The van der Waals surface area contributed by atoms with E-state index >= 15 is 0 Å². The Labute approximate surface area is 86.2 Å². The maximum Gasteiger partial charge on any atom is 0.123 e. The molecule has 0 radical (unpaired) electrons. The Morgan fingerprint density at radius 3 is 2.43 bits per heavy atom. The Hall–Kier alpha value is -0.850. The molecule has 1 aromatic rings. The normalized spacial score (nSPS) is 14.1. The zero-order valence-electron chi connectivity index (χ0n) is 9.47. The van der Waals surface area contributed by atoms with Crippen molar-refractivity contribution < 1.29 is 4.39 Å². The average Bonchev–Trinajstić information content (AvgIpc) is 2.02. The Bertz CT molecular complexity index is 296. The molecule has 1 unspecified atom stereocenters. The summed E-state index contributed by atoms with van der Waals surface area (Å²) in [5, 5.41) is 0. The smallest absolute Gasteiger partial charge is 0.123 e. The van der Waals surface area contributed by atoms with Gasteiger partial charge >= 0.3 is 0 Å². The average molecular weight is 194 g/mol. The molecule has 0 amide bonds. The van der Waals surface area contributed by atoms with Gasteiger partial charge in [0.25, 0.3) is 0 Å². The minimum atomic E-state index is -0.136. The summed E-state index contributed by atoms with van der Waals surface area (Å²) in [5.41, 5.74) is 1.37. The van der Waals surface area contributed by atoms with E-state index in [2.05, 4.69) is 27.7 Å². The van der Waals surface area contributed by atoms with Gasteiger partial charge in [0.15, 0.2) is 0 Å². The van der Waals surface area contributed by atoms with Crippen LogP contribution >= 0.6 is 0 Å². The van der Waals surface area contributed by atoms with Crippen LogP contribution in [0.25, 0.3) is 0 Å². The molecular weight excluding hydrogens is 175 g/mol. The third kappa shape index (κ3) is 3.13. The molecule has 0 saturated heterocycles. The van der Waals surface area contributed by atoms with E-state index in [0.717, 1.165) is 12.0 Å². The van der Waals surface area contributed by atoms with Gasteiger partial charge in [-0.2, -0.15) is 0 Å². The highest BCUT2D eigenvalue weighted by atomic mass is 19.1. The number of hydrogen-bond acceptors (Lipinski definition) is 0.